The maximum absolute atomic E-state index is 9.03. The number of aliphatic hydroxyl groups excluding tert-OH is 1. The monoisotopic (exact) mass is 173 g/mol. The zero-order valence-electron chi connectivity index (χ0n) is 7.97. The Morgan fingerprint density at radius 3 is 2.50 bits per heavy atom. The van der Waals surface area contributed by atoms with Gasteiger partial charge < -0.3 is 15.2 Å². The number of hydrogen-bond acceptors (Lipinski definition) is 3. The van der Waals surface area contributed by atoms with Crippen molar-refractivity contribution in [2.75, 3.05) is 19.8 Å². The molecule has 0 amide bonds. The molecule has 1 rings (SSSR count). The van der Waals surface area contributed by atoms with Crippen LogP contribution in [-0.2, 0) is 4.74 Å². The summed E-state index contributed by atoms with van der Waals surface area (Å²) in [6, 6.07) is 0.515. The molecule has 3 heteroatoms. The van der Waals surface area contributed by atoms with E-state index >= 15 is 0 Å². The normalized spacial score (nSPS) is 21.2. The lowest BCUT2D eigenvalue weighted by atomic mass is 10.0. The standard InChI is InChI=1S/C9H19NO2/c1-9(2,7-11)10-8-3-5-12-6-4-8/h8,10-11H,3-7H2,1-2H3. The van der Waals surface area contributed by atoms with Crippen LogP contribution in [0.4, 0.5) is 0 Å². The maximum Gasteiger partial charge on any atom is 0.0607 e. The molecule has 0 aromatic carbocycles. The van der Waals surface area contributed by atoms with Gasteiger partial charge in [-0.1, -0.05) is 0 Å². The van der Waals surface area contributed by atoms with E-state index in [-0.39, 0.29) is 12.1 Å². The van der Waals surface area contributed by atoms with Crippen molar-refractivity contribution >= 4 is 0 Å². The molecule has 1 heterocycles. The molecule has 1 fully saturated rings. The third-order valence-electron chi connectivity index (χ3n) is 2.21. The molecule has 0 aromatic heterocycles. The van der Waals surface area contributed by atoms with Gasteiger partial charge in [-0.15, -0.1) is 0 Å². The van der Waals surface area contributed by atoms with E-state index in [1.165, 1.54) is 0 Å². The first kappa shape index (κ1) is 9.96. The Morgan fingerprint density at radius 2 is 2.00 bits per heavy atom. The molecule has 0 aromatic rings. The second-order valence-electron chi connectivity index (χ2n) is 4.07. The summed E-state index contributed by atoms with van der Waals surface area (Å²) >= 11 is 0. The number of nitrogens with one attached hydrogen (secondary N) is 1. The van der Waals surface area contributed by atoms with Gasteiger partial charge >= 0.3 is 0 Å². The zero-order chi connectivity index (χ0) is 9.03. The zero-order valence-corrected chi connectivity index (χ0v) is 7.97. The van der Waals surface area contributed by atoms with Gasteiger partial charge in [0.1, 0.15) is 0 Å². The van der Waals surface area contributed by atoms with Gasteiger partial charge in [-0.05, 0) is 26.7 Å². The van der Waals surface area contributed by atoms with Crippen molar-refractivity contribution in [2.24, 2.45) is 0 Å². The van der Waals surface area contributed by atoms with Gasteiger partial charge in [-0.25, -0.2) is 0 Å². The summed E-state index contributed by atoms with van der Waals surface area (Å²) in [6.45, 7) is 5.91. The molecule has 1 aliphatic heterocycles. The smallest absolute Gasteiger partial charge is 0.0607 e. The summed E-state index contributed by atoms with van der Waals surface area (Å²) in [4.78, 5) is 0. The minimum Gasteiger partial charge on any atom is -0.394 e. The van der Waals surface area contributed by atoms with Crippen molar-refractivity contribution in [1.82, 2.24) is 5.32 Å². The van der Waals surface area contributed by atoms with Crippen LogP contribution in [-0.4, -0.2) is 36.5 Å². The van der Waals surface area contributed by atoms with Gasteiger partial charge in [-0.2, -0.15) is 0 Å². The third-order valence-corrected chi connectivity index (χ3v) is 2.21. The molecular weight excluding hydrogens is 154 g/mol. The van der Waals surface area contributed by atoms with Crippen LogP contribution in [0, 0.1) is 0 Å². The predicted molar refractivity (Wildman–Crippen MR) is 48.1 cm³/mol. The Labute approximate surface area is 74.1 Å². The van der Waals surface area contributed by atoms with E-state index in [1.54, 1.807) is 0 Å². The first-order chi connectivity index (χ1) is 5.64. The van der Waals surface area contributed by atoms with E-state index < -0.39 is 0 Å². The topological polar surface area (TPSA) is 41.5 Å². The van der Waals surface area contributed by atoms with Crippen molar-refractivity contribution in [3.8, 4) is 0 Å². The van der Waals surface area contributed by atoms with Crippen LogP contribution in [0.25, 0.3) is 0 Å². The largest absolute Gasteiger partial charge is 0.394 e. The number of rotatable bonds is 3. The van der Waals surface area contributed by atoms with Crippen LogP contribution in [0.5, 0.6) is 0 Å². The molecule has 3 nitrogen and oxygen atoms in total. The molecule has 72 valence electrons. The predicted octanol–water partition coefficient (Wildman–Crippen LogP) is 0.526. The van der Waals surface area contributed by atoms with E-state index in [1.807, 2.05) is 13.8 Å². The highest BCUT2D eigenvalue weighted by atomic mass is 16.5. The first-order valence-electron chi connectivity index (χ1n) is 4.60. The average molecular weight is 173 g/mol. The van der Waals surface area contributed by atoms with Crippen LogP contribution >= 0.6 is 0 Å². The fourth-order valence-corrected chi connectivity index (χ4v) is 1.44. The molecule has 0 spiro atoms. The Kier molecular flexibility index (Phi) is 3.50. The molecule has 12 heavy (non-hydrogen) atoms. The maximum atomic E-state index is 9.03. The van der Waals surface area contributed by atoms with Crippen molar-refractivity contribution in [2.45, 2.75) is 38.3 Å². The molecule has 0 saturated carbocycles. The van der Waals surface area contributed by atoms with E-state index in [2.05, 4.69) is 5.32 Å². The summed E-state index contributed by atoms with van der Waals surface area (Å²) in [5, 5.41) is 12.4. The lowest BCUT2D eigenvalue weighted by Crippen LogP contribution is -2.50. The van der Waals surface area contributed by atoms with Gasteiger partial charge in [0.2, 0.25) is 0 Å². The molecule has 1 saturated heterocycles. The SMILES string of the molecule is CC(C)(CO)NC1CCOCC1. The average Bonchev–Trinajstić information content (AvgIpc) is 2.06. The van der Waals surface area contributed by atoms with E-state index in [9.17, 15) is 0 Å². The molecular formula is C9H19NO2. The summed E-state index contributed by atoms with van der Waals surface area (Å²) < 4.78 is 5.25. The van der Waals surface area contributed by atoms with Crippen LogP contribution in [0.3, 0.4) is 0 Å². The van der Waals surface area contributed by atoms with Crippen molar-refractivity contribution in [3.05, 3.63) is 0 Å². The van der Waals surface area contributed by atoms with Crippen LogP contribution in [0.2, 0.25) is 0 Å². The minimum atomic E-state index is -0.151. The Bertz CT molecular complexity index is 130. The fraction of sp³-hybridized carbons (Fsp3) is 1.00. The second kappa shape index (κ2) is 4.21. The third kappa shape index (κ3) is 3.09. The van der Waals surface area contributed by atoms with Crippen molar-refractivity contribution in [3.63, 3.8) is 0 Å². The quantitative estimate of drug-likeness (QED) is 0.654. The van der Waals surface area contributed by atoms with Crippen molar-refractivity contribution < 1.29 is 9.84 Å². The van der Waals surface area contributed by atoms with Gasteiger partial charge in [0.15, 0.2) is 0 Å². The molecule has 1 aliphatic rings. The van der Waals surface area contributed by atoms with Gasteiger partial charge in [0.25, 0.3) is 0 Å². The van der Waals surface area contributed by atoms with E-state index in [0.29, 0.717) is 6.04 Å². The Hall–Kier alpha value is -0.120. The van der Waals surface area contributed by atoms with Crippen LogP contribution in [0.1, 0.15) is 26.7 Å². The van der Waals surface area contributed by atoms with E-state index in [4.69, 9.17) is 9.84 Å². The first-order valence-corrected chi connectivity index (χ1v) is 4.60. The van der Waals surface area contributed by atoms with E-state index in [0.717, 1.165) is 26.1 Å². The number of ether oxygens (including phenoxy) is 1. The summed E-state index contributed by atoms with van der Waals surface area (Å²) in [6.07, 6.45) is 2.12. The fourth-order valence-electron chi connectivity index (χ4n) is 1.44. The second-order valence-corrected chi connectivity index (χ2v) is 4.07. The molecule has 0 radical (unpaired) electrons. The van der Waals surface area contributed by atoms with Gasteiger partial charge in [-0.3, -0.25) is 0 Å². The Morgan fingerprint density at radius 1 is 1.42 bits per heavy atom. The van der Waals surface area contributed by atoms with Crippen LogP contribution in [0.15, 0.2) is 0 Å². The summed E-state index contributed by atoms with van der Waals surface area (Å²) in [7, 11) is 0. The molecule has 0 atom stereocenters. The molecule has 2 N–H and O–H groups in total. The molecule has 0 aliphatic carbocycles. The minimum absolute atomic E-state index is 0.151. The lowest BCUT2D eigenvalue weighted by Gasteiger charge is -2.32. The van der Waals surface area contributed by atoms with Crippen molar-refractivity contribution in [1.29, 1.82) is 0 Å². The van der Waals surface area contributed by atoms with Gasteiger partial charge in [0.05, 0.1) is 6.61 Å². The highest BCUT2D eigenvalue weighted by Crippen LogP contribution is 2.11. The number of aliphatic hydroxyl groups is 1. The lowest BCUT2D eigenvalue weighted by molar-refractivity contribution is 0.0631. The van der Waals surface area contributed by atoms with Crippen LogP contribution < -0.4 is 5.32 Å². The molecule has 0 unspecified atom stereocenters. The summed E-state index contributed by atoms with van der Waals surface area (Å²) in [5.74, 6) is 0. The number of hydrogen-bond donors (Lipinski definition) is 2. The Balaban J connectivity index is 2.28. The molecule has 0 bridgehead atoms. The van der Waals surface area contributed by atoms with Gasteiger partial charge in [0, 0.05) is 24.8 Å². The highest BCUT2D eigenvalue weighted by molar-refractivity contribution is 4.82. The highest BCUT2D eigenvalue weighted by Gasteiger charge is 2.22. The summed E-state index contributed by atoms with van der Waals surface area (Å²) in [5.41, 5.74) is -0.151.